The number of fused-ring (bicyclic) bond motifs is 1. The second-order valence-corrected chi connectivity index (χ2v) is 8.11. The number of carbonyl (C=O) groups excluding carboxylic acids is 1. The Hall–Kier alpha value is -3.99. The van der Waals surface area contributed by atoms with Gasteiger partial charge in [0.25, 0.3) is 5.91 Å². The van der Waals surface area contributed by atoms with E-state index in [1.165, 1.54) is 5.56 Å². The number of nitrogens with one attached hydrogen (secondary N) is 1. The summed E-state index contributed by atoms with van der Waals surface area (Å²) < 4.78 is 5.30. The van der Waals surface area contributed by atoms with Gasteiger partial charge in [-0.05, 0) is 60.7 Å². The first-order chi connectivity index (χ1) is 16.0. The zero-order chi connectivity index (χ0) is 23.2. The number of rotatable bonds is 7. The van der Waals surface area contributed by atoms with Gasteiger partial charge in [0, 0.05) is 10.9 Å². The van der Waals surface area contributed by atoms with E-state index in [1.54, 1.807) is 12.5 Å². The number of hydrogen-bond donors (Lipinski definition) is 1. The highest BCUT2D eigenvalue weighted by Crippen LogP contribution is 2.27. The third-order valence-electron chi connectivity index (χ3n) is 5.70. The molecule has 5 heteroatoms. The van der Waals surface area contributed by atoms with Crippen molar-refractivity contribution in [3.63, 3.8) is 0 Å². The molecule has 0 saturated heterocycles. The fourth-order valence-corrected chi connectivity index (χ4v) is 3.62. The lowest BCUT2D eigenvalue weighted by molar-refractivity contribution is 0.0956. The molecule has 0 bridgehead atoms. The van der Waals surface area contributed by atoms with Gasteiger partial charge < -0.3 is 4.42 Å². The Morgan fingerprint density at radius 3 is 2.64 bits per heavy atom. The van der Waals surface area contributed by atoms with Gasteiger partial charge >= 0.3 is 0 Å². The lowest BCUT2D eigenvalue weighted by atomic mass is 9.96. The van der Waals surface area contributed by atoms with Crippen LogP contribution < -0.4 is 5.43 Å². The number of aromatic nitrogens is 1. The number of allylic oxidation sites excluding steroid dienone is 1. The topological polar surface area (TPSA) is 67.5 Å². The second kappa shape index (κ2) is 10.1. The summed E-state index contributed by atoms with van der Waals surface area (Å²) in [6, 6.07) is 21.6. The van der Waals surface area contributed by atoms with E-state index in [2.05, 4.69) is 48.6 Å². The molecule has 4 aromatic rings. The molecule has 5 nitrogen and oxygen atoms in total. The van der Waals surface area contributed by atoms with Crippen LogP contribution in [0.5, 0.6) is 0 Å². The van der Waals surface area contributed by atoms with Gasteiger partial charge in [0.05, 0.1) is 29.3 Å². The minimum absolute atomic E-state index is 0.284. The molecule has 0 aliphatic carbocycles. The largest absolute Gasteiger partial charge is 0.465 e. The lowest BCUT2D eigenvalue weighted by Crippen LogP contribution is -2.18. The van der Waals surface area contributed by atoms with Crippen molar-refractivity contribution in [3.05, 3.63) is 95.5 Å². The first kappa shape index (κ1) is 22.2. The molecule has 33 heavy (non-hydrogen) atoms. The maximum absolute atomic E-state index is 13.0. The molecule has 1 amide bonds. The summed E-state index contributed by atoms with van der Waals surface area (Å²) in [4.78, 5) is 17.8. The van der Waals surface area contributed by atoms with Gasteiger partial charge in [0.15, 0.2) is 0 Å². The van der Waals surface area contributed by atoms with Crippen LogP contribution in [0.25, 0.3) is 28.2 Å². The molecule has 0 fully saturated rings. The number of nitrogens with zero attached hydrogens (tertiary/aromatic N) is 2. The SMILES string of the molecule is CC[C@@H](C)c1ccc(-c2cc(C(=O)N/N=C\C(C)=C\c3ccco3)c3ccccc3n2)cc1. The summed E-state index contributed by atoms with van der Waals surface area (Å²) in [5.74, 6) is 0.954. The van der Waals surface area contributed by atoms with Crippen LogP contribution in [0.3, 0.4) is 0 Å². The summed E-state index contributed by atoms with van der Waals surface area (Å²) in [6.07, 6.45) is 6.15. The van der Waals surface area contributed by atoms with Gasteiger partial charge in [-0.25, -0.2) is 10.4 Å². The molecule has 0 aliphatic heterocycles. The molecule has 0 radical (unpaired) electrons. The van der Waals surface area contributed by atoms with Crippen LogP contribution in [0.1, 0.15) is 54.8 Å². The maximum atomic E-state index is 13.0. The molecule has 4 rings (SSSR count). The monoisotopic (exact) mass is 437 g/mol. The second-order valence-electron chi connectivity index (χ2n) is 8.11. The normalized spacial score (nSPS) is 12.9. The Kier molecular flexibility index (Phi) is 6.79. The molecule has 0 unspecified atom stereocenters. The maximum Gasteiger partial charge on any atom is 0.272 e. The van der Waals surface area contributed by atoms with Crippen LogP contribution in [0, 0.1) is 0 Å². The molecule has 0 aliphatic rings. The first-order valence-electron chi connectivity index (χ1n) is 11.1. The number of para-hydroxylation sites is 1. The number of hydrazone groups is 1. The van der Waals surface area contributed by atoms with E-state index in [-0.39, 0.29) is 5.91 Å². The van der Waals surface area contributed by atoms with Gasteiger partial charge in [0.2, 0.25) is 0 Å². The van der Waals surface area contributed by atoms with Crippen molar-refractivity contribution >= 4 is 29.1 Å². The molecule has 1 atom stereocenters. The van der Waals surface area contributed by atoms with Crippen LogP contribution >= 0.6 is 0 Å². The van der Waals surface area contributed by atoms with Crippen molar-refractivity contribution in [3.8, 4) is 11.3 Å². The van der Waals surface area contributed by atoms with E-state index >= 15 is 0 Å². The highest BCUT2D eigenvalue weighted by atomic mass is 16.3. The average molecular weight is 438 g/mol. The Balaban J connectivity index is 1.61. The number of amides is 1. The van der Waals surface area contributed by atoms with Crippen LogP contribution in [-0.2, 0) is 0 Å². The first-order valence-corrected chi connectivity index (χ1v) is 11.1. The minimum atomic E-state index is -0.284. The summed E-state index contributed by atoms with van der Waals surface area (Å²) in [7, 11) is 0. The zero-order valence-corrected chi connectivity index (χ0v) is 19.1. The lowest BCUT2D eigenvalue weighted by Gasteiger charge is -2.11. The van der Waals surface area contributed by atoms with Crippen molar-refractivity contribution in [2.75, 3.05) is 0 Å². The molecular weight excluding hydrogens is 410 g/mol. The zero-order valence-electron chi connectivity index (χ0n) is 19.1. The molecule has 2 heterocycles. The van der Waals surface area contributed by atoms with Crippen molar-refractivity contribution in [2.24, 2.45) is 5.10 Å². The van der Waals surface area contributed by atoms with E-state index in [9.17, 15) is 4.79 Å². The highest BCUT2D eigenvalue weighted by Gasteiger charge is 2.14. The van der Waals surface area contributed by atoms with Crippen LogP contribution in [0.15, 0.2) is 88.1 Å². The predicted octanol–water partition coefficient (Wildman–Crippen LogP) is 6.83. The van der Waals surface area contributed by atoms with Gasteiger partial charge in [0.1, 0.15) is 5.76 Å². The Bertz CT molecular complexity index is 1300. The third kappa shape index (κ3) is 5.26. The highest BCUT2D eigenvalue weighted by molar-refractivity contribution is 6.07. The summed E-state index contributed by atoms with van der Waals surface area (Å²) in [5.41, 5.74) is 7.83. The van der Waals surface area contributed by atoms with Gasteiger partial charge in [-0.2, -0.15) is 5.10 Å². The Morgan fingerprint density at radius 2 is 1.91 bits per heavy atom. The quantitative estimate of drug-likeness (QED) is 0.255. The van der Waals surface area contributed by atoms with E-state index < -0.39 is 0 Å². The molecule has 2 aromatic heterocycles. The van der Waals surface area contributed by atoms with Crippen LogP contribution in [0.4, 0.5) is 0 Å². The minimum Gasteiger partial charge on any atom is -0.465 e. The third-order valence-corrected chi connectivity index (χ3v) is 5.70. The summed E-state index contributed by atoms with van der Waals surface area (Å²) in [6.45, 7) is 6.30. The standard InChI is InChI=1S/C28H27N3O2/c1-4-20(3)21-11-13-22(14-12-21)27-17-25(24-9-5-6-10-26(24)30-27)28(32)31-29-18-19(2)16-23-8-7-15-33-23/h5-18,20H,4H2,1-3H3,(H,31,32)/b19-16+,29-18-/t20-/m1/s1. The van der Waals surface area contributed by atoms with E-state index in [1.807, 2.05) is 55.5 Å². The number of pyridine rings is 1. The molecule has 1 N–H and O–H groups in total. The fourth-order valence-electron chi connectivity index (χ4n) is 3.62. The predicted molar refractivity (Wildman–Crippen MR) is 134 cm³/mol. The Morgan fingerprint density at radius 1 is 1.12 bits per heavy atom. The van der Waals surface area contributed by atoms with E-state index in [0.29, 0.717) is 11.5 Å². The summed E-state index contributed by atoms with van der Waals surface area (Å²) in [5, 5.41) is 4.91. The smallest absolute Gasteiger partial charge is 0.272 e. The van der Waals surface area contributed by atoms with Crippen molar-refractivity contribution < 1.29 is 9.21 Å². The molecule has 166 valence electrons. The van der Waals surface area contributed by atoms with Gasteiger partial charge in [-0.3, -0.25) is 4.79 Å². The van der Waals surface area contributed by atoms with Crippen LogP contribution in [0.2, 0.25) is 0 Å². The van der Waals surface area contributed by atoms with E-state index in [4.69, 9.17) is 9.40 Å². The molecular formula is C28H27N3O2. The molecule has 2 aromatic carbocycles. The molecule has 0 saturated carbocycles. The average Bonchev–Trinajstić information content (AvgIpc) is 3.35. The number of hydrogen-bond acceptors (Lipinski definition) is 4. The van der Waals surface area contributed by atoms with E-state index in [0.717, 1.165) is 39.9 Å². The molecule has 0 spiro atoms. The van der Waals surface area contributed by atoms with Crippen LogP contribution in [-0.4, -0.2) is 17.1 Å². The van der Waals surface area contributed by atoms with Crippen molar-refractivity contribution in [1.29, 1.82) is 0 Å². The fraction of sp³-hybridized carbons (Fsp3) is 0.179. The summed E-state index contributed by atoms with van der Waals surface area (Å²) >= 11 is 0. The number of carbonyl (C=O) groups is 1. The van der Waals surface area contributed by atoms with Gasteiger partial charge in [-0.15, -0.1) is 0 Å². The number of furan rings is 1. The Labute approximate surface area is 193 Å². The van der Waals surface area contributed by atoms with Crippen molar-refractivity contribution in [1.82, 2.24) is 10.4 Å². The van der Waals surface area contributed by atoms with Crippen molar-refractivity contribution in [2.45, 2.75) is 33.1 Å². The van der Waals surface area contributed by atoms with Gasteiger partial charge in [-0.1, -0.05) is 56.3 Å². The number of benzene rings is 2.